The lowest BCUT2D eigenvalue weighted by Crippen LogP contribution is -2.21. The van der Waals surface area contributed by atoms with Gasteiger partial charge in [-0.2, -0.15) is 0 Å². The number of aliphatic hydroxyl groups excluding tert-OH is 1. The number of rotatable bonds is 6. The number of aromatic carboxylic acids is 1. The van der Waals surface area contributed by atoms with Gasteiger partial charge >= 0.3 is 5.97 Å². The molecule has 0 amide bonds. The van der Waals surface area contributed by atoms with Crippen molar-refractivity contribution in [1.29, 1.82) is 0 Å². The van der Waals surface area contributed by atoms with Gasteiger partial charge in [-0.15, -0.1) is 0 Å². The van der Waals surface area contributed by atoms with Crippen molar-refractivity contribution in [2.45, 2.75) is 38.8 Å². The maximum Gasteiger partial charge on any atom is 0.339 e. The summed E-state index contributed by atoms with van der Waals surface area (Å²) in [6.45, 7) is 2.13. The molecule has 1 aliphatic heterocycles. The van der Waals surface area contributed by atoms with Crippen molar-refractivity contribution in [3.05, 3.63) is 29.3 Å². The average molecular weight is 291 g/mol. The lowest BCUT2D eigenvalue weighted by Gasteiger charge is -2.24. The molecule has 114 valence electrons. The van der Waals surface area contributed by atoms with Crippen LogP contribution in [0.25, 0.3) is 5.57 Å². The van der Waals surface area contributed by atoms with Gasteiger partial charge in [0.15, 0.2) is 0 Å². The van der Waals surface area contributed by atoms with E-state index in [2.05, 4.69) is 12.2 Å². The molecule has 0 saturated carbocycles. The number of allylic oxidation sites excluding steroid dienone is 1. The highest BCUT2D eigenvalue weighted by Crippen LogP contribution is 2.37. The van der Waals surface area contributed by atoms with Crippen LogP contribution in [0.15, 0.2) is 18.2 Å². The van der Waals surface area contributed by atoms with Gasteiger partial charge in [-0.25, -0.2) is 4.79 Å². The van der Waals surface area contributed by atoms with Gasteiger partial charge in [0.05, 0.1) is 7.11 Å². The predicted molar refractivity (Wildman–Crippen MR) is 81.7 cm³/mol. The second kappa shape index (κ2) is 6.63. The fraction of sp³-hybridized carbons (Fsp3) is 0.438. The molecule has 0 radical (unpaired) electrons. The monoisotopic (exact) mass is 291 g/mol. The molecule has 5 heteroatoms. The Kier molecular flexibility index (Phi) is 4.85. The summed E-state index contributed by atoms with van der Waals surface area (Å²) in [7, 11) is 1.44. The van der Waals surface area contributed by atoms with Crippen LogP contribution in [-0.2, 0) is 0 Å². The number of unbranched alkanes of at least 4 members (excludes halogenated alkanes) is 2. The zero-order chi connectivity index (χ0) is 15.4. The molecule has 0 fully saturated rings. The molecule has 1 aromatic rings. The largest absolute Gasteiger partial charge is 0.496 e. The first-order valence-corrected chi connectivity index (χ1v) is 7.17. The van der Waals surface area contributed by atoms with Crippen molar-refractivity contribution in [2.24, 2.45) is 0 Å². The number of hydrogen-bond donors (Lipinski definition) is 3. The summed E-state index contributed by atoms with van der Waals surface area (Å²) in [4.78, 5) is 11.3. The van der Waals surface area contributed by atoms with Crippen LogP contribution < -0.4 is 10.1 Å². The zero-order valence-corrected chi connectivity index (χ0v) is 12.3. The molecule has 0 saturated heterocycles. The number of carbonyl (C=O) groups is 1. The minimum Gasteiger partial charge on any atom is -0.496 e. The topological polar surface area (TPSA) is 78.8 Å². The fourth-order valence-electron chi connectivity index (χ4n) is 2.57. The molecule has 1 aromatic carbocycles. The van der Waals surface area contributed by atoms with Crippen LogP contribution in [0.4, 0.5) is 5.69 Å². The quantitative estimate of drug-likeness (QED) is 0.702. The van der Waals surface area contributed by atoms with Gasteiger partial charge < -0.3 is 20.3 Å². The molecule has 2 rings (SSSR count). The average Bonchev–Trinajstić information content (AvgIpc) is 2.45. The number of anilines is 1. The summed E-state index contributed by atoms with van der Waals surface area (Å²) in [5, 5.41) is 22.1. The summed E-state index contributed by atoms with van der Waals surface area (Å²) in [6.07, 6.45) is 5.06. The predicted octanol–water partition coefficient (Wildman–Crippen LogP) is 3.10. The van der Waals surface area contributed by atoms with Crippen molar-refractivity contribution in [1.82, 2.24) is 0 Å². The van der Waals surface area contributed by atoms with E-state index in [1.807, 2.05) is 0 Å². The Morgan fingerprint density at radius 3 is 2.76 bits per heavy atom. The van der Waals surface area contributed by atoms with Crippen LogP contribution in [0.5, 0.6) is 5.75 Å². The van der Waals surface area contributed by atoms with E-state index in [0.29, 0.717) is 5.69 Å². The SMILES string of the molecule is CCCCCC1=CC(O)Nc2cc(OC)c(C(=O)O)cc21. The Morgan fingerprint density at radius 2 is 2.14 bits per heavy atom. The lowest BCUT2D eigenvalue weighted by atomic mass is 9.93. The lowest BCUT2D eigenvalue weighted by molar-refractivity contribution is 0.0693. The first kappa shape index (κ1) is 15.4. The van der Waals surface area contributed by atoms with Gasteiger partial charge in [0.25, 0.3) is 0 Å². The molecule has 1 aliphatic rings. The summed E-state index contributed by atoms with van der Waals surface area (Å²) < 4.78 is 5.12. The number of ether oxygens (including phenoxy) is 1. The van der Waals surface area contributed by atoms with Gasteiger partial charge in [-0.1, -0.05) is 19.8 Å². The molecule has 3 N–H and O–H groups in total. The number of benzene rings is 1. The standard InChI is InChI=1S/C16H21NO4/c1-3-4-5-6-10-7-15(18)17-13-9-14(21-2)12(16(19)20)8-11(10)13/h7-9,15,17-18H,3-6H2,1-2H3,(H,19,20). The molecular weight excluding hydrogens is 270 g/mol. The molecule has 1 unspecified atom stereocenters. The Balaban J connectivity index is 2.40. The number of nitrogens with one attached hydrogen (secondary N) is 1. The van der Waals surface area contributed by atoms with E-state index in [0.717, 1.165) is 36.8 Å². The molecular formula is C16H21NO4. The smallest absolute Gasteiger partial charge is 0.339 e. The van der Waals surface area contributed by atoms with E-state index in [9.17, 15) is 15.0 Å². The van der Waals surface area contributed by atoms with Crippen LogP contribution in [0.1, 0.15) is 48.5 Å². The van der Waals surface area contributed by atoms with E-state index < -0.39 is 12.2 Å². The van der Waals surface area contributed by atoms with Gasteiger partial charge in [-0.3, -0.25) is 0 Å². The highest BCUT2D eigenvalue weighted by molar-refractivity contribution is 5.95. The minimum absolute atomic E-state index is 0.135. The van der Waals surface area contributed by atoms with Crippen molar-refractivity contribution >= 4 is 17.2 Å². The molecule has 21 heavy (non-hydrogen) atoms. The third-order valence-corrected chi connectivity index (χ3v) is 3.63. The van der Waals surface area contributed by atoms with Crippen molar-refractivity contribution in [2.75, 3.05) is 12.4 Å². The maximum absolute atomic E-state index is 11.3. The third-order valence-electron chi connectivity index (χ3n) is 3.63. The molecule has 0 bridgehead atoms. The second-order valence-electron chi connectivity index (χ2n) is 5.14. The number of fused-ring (bicyclic) bond motifs is 1. The first-order valence-electron chi connectivity index (χ1n) is 7.17. The van der Waals surface area contributed by atoms with Crippen LogP contribution in [0, 0.1) is 0 Å². The first-order chi connectivity index (χ1) is 10.1. The van der Waals surface area contributed by atoms with E-state index in [1.165, 1.54) is 7.11 Å². The fourth-order valence-corrected chi connectivity index (χ4v) is 2.57. The van der Waals surface area contributed by atoms with Crippen molar-refractivity contribution in [3.8, 4) is 5.75 Å². The molecule has 0 aromatic heterocycles. The Labute approximate surface area is 124 Å². The highest BCUT2D eigenvalue weighted by Gasteiger charge is 2.22. The number of methoxy groups -OCH3 is 1. The summed E-state index contributed by atoms with van der Waals surface area (Å²) in [5.74, 6) is -0.732. The Bertz CT molecular complexity index is 566. The molecule has 0 spiro atoms. The van der Waals surface area contributed by atoms with Crippen LogP contribution in [0.3, 0.4) is 0 Å². The number of carboxylic acid groups (broad SMARTS) is 1. The summed E-state index contributed by atoms with van der Waals surface area (Å²) in [6, 6.07) is 3.25. The maximum atomic E-state index is 11.3. The third kappa shape index (κ3) is 3.36. The molecule has 1 heterocycles. The van der Waals surface area contributed by atoms with E-state index >= 15 is 0 Å². The van der Waals surface area contributed by atoms with Gasteiger partial charge in [0.1, 0.15) is 17.5 Å². The Morgan fingerprint density at radius 1 is 1.38 bits per heavy atom. The number of carboxylic acids is 1. The number of hydrogen-bond acceptors (Lipinski definition) is 4. The van der Waals surface area contributed by atoms with Gasteiger partial charge in [-0.05, 0) is 30.6 Å². The van der Waals surface area contributed by atoms with Crippen molar-refractivity contribution < 1.29 is 19.7 Å². The zero-order valence-electron chi connectivity index (χ0n) is 12.3. The molecule has 5 nitrogen and oxygen atoms in total. The van der Waals surface area contributed by atoms with Crippen molar-refractivity contribution in [3.63, 3.8) is 0 Å². The Hall–Kier alpha value is -2.01. The normalized spacial score (nSPS) is 16.7. The van der Waals surface area contributed by atoms with Crippen LogP contribution in [0.2, 0.25) is 0 Å². The van der Waals surface area contributed by atoms with Crippen LogP contribution in [-0.4, -0.2) is 29.5 Å². The van der Waals surface area contributed by atoms with Crippen LogP contribution >= 0.6 is 0 Å². The van der Waals surface area contributed by atoms with E-state index in [-0.39, 0.29) is 11.3 Å². The molecule has 0 aliphatic carbocycles. The second-order valence-corrected chi connectivity index (χ2v) is 5.14. The molecule has 1 atom stereocenters. The van der Waals surface area contributed by atoms with Gasteiger partial charge in [0.2, 0.25) is 0 Å². The van der Waals surface area contributed by atoms with E-state index in [4.69, 9.17) is 4.74 Å². The minimum atomic E-state index is -1.02. The highest BCUT2D eigenvalue weighted by atomic mass is 16.5. The van der Waals surface area contributed by atoms with Gasteiger partial charge in [0, 0.05) is 17.3 Å². The number of aliphatic hydroxyl groups is 1. The van der Waals surface area contributed by atoms with E-state index in [1.54, 1.807) is 18.2 Å². The summed E-state index contributed by atoms with van der Waals surface area (Å²) >= 11 is 0. The summed E-state index contributed by atoms with van der Waals surface area (Å²) in [5.41, 5.74) is 2.65.